The van der Waals surface area contributed by atoms with Crippen LogP contribution in [0.15, 0.2) is 36.5 Å². The van der Waals surface area contributed by atoms with Crippen molar-refractivity contribution < 1.29 is 18.3 Å². The van der Waals surface area contributed by atoms with Crippen molar-refractivity contribution in [2.24, 2.45) is 0 Å². The predicted octanol–water partition coefficient (Wildman–Crippen LogP) is 3.35. The van der Waals surface area contributed by atoms with Crippen molar-refractivity contribution in [1.29, 1.82) is 5.26 Å². The summed E-state index contributed by atoms with van der Waals surface area (Å²) in [4.78, 5) is 16.2. The van der Waals surface area contributed by atoms with E-state index < -0.39 is 23.1 Å². The molecule has 1 saturated carbocycles. The number of carbonyl (C=O) groups excluding carboxylic acids is 1. The fourth-order valence-electron chi connectivity index (χ4n) is 2.98. The van der Waals surface area contributed by atoms with Crippen molar-refractivity contribution in [1.82, 2.24) is 10.3 Å². The molecule has 1 aliphatic carbocycles. The molecule has 1 aromatic heterocycles. The summed E-state index contributed by atoms with van der Waals surface area (Å²) in [5.41, 5.74) is -0.0863. The van der Waals surface area contributed by atoms with E-state index in [1.54, 1.807) is 12.1 Å². The van der Waals surface area contributed by atoms with Gasteiger partial charge in [0.2, 0.25) is 5.88 Å². The fourth-order valence-corrected chi connectivity index (χ4v) is 2.98. The van der Waals surface area contributed by atoms with Crippen LogP contribution >= 0.6 is 0 Å². The molecule has 0 unspecified atom stereocenters. The van der Waals surface area contributed by atoms with E-state index in [0.717, 1.165) is 12.1 Å². The fraction of sp³-hybridized carbons (Fsp3) is 0.316. The van der Waals surface area contributed by atoms with Crippen LogP contribution in [0.3, 0.4) is 0 Å². The highest BCUT2D eigenvalue weighted by Crippen LogP contribution is 2.23. The van der Waals surface area contributed by atoms with Crippen LogP contribution in [0.1, 0.15) is 41.6 Å². The Balaban J connectivity index is 1.52. The van der Waals surface area contributed by atoms with E-state index in [4.69, 9.17) is 10.00 Å². The van der Waals surface area contributed by atoms with Gasteiger partial charge in [-0.05, 0) is 43.9 Å². The van der Waals surface area contributed by atoms with Crippen molar-refractivity contribution in [3.63, 3.8) is 0 Å². The second-order valence-electron chi connectivity index (χ2n) is 6.16. The number of halogens is 2. The summed E-state index contributed by atoms with van der Waals surface area (Å²) in [7, 11) is 0. The highest BCUT2D eigenvalue weighted by molar-refractivity contribution is 5.94. The Bertz CT molecular complexity index is 805. The van der Waals surface area contributed by atoms with Gasteiger partial charge < -0.3 is 10.1 Å². The SMILES string of the molecule is N#Cc1ccc(OC2CCC(NC(=O)c3c(F)cccc3F)CC2)nc1. The molecular weight excluding hydrogens is 340 g/mol. The lowest BCUT2D eigenvalue weighted by atomic mass is 9.92. The Morgan fingerprint density at radius 1 is 1.15 bits per heavy atom. The number of amides is 1. The van der Waals surface area contributed by atoms with E-state index in [9.17, 15) is 13.6 Å². The third kappa shape index (κ3) is 4.14. The van der Waals surface area contributed by atoms with Gasteiger partial charge in [0.15, 0.2) is 0 Å². The van der Waals surface area contributed by atoms with E-state index in [-0.39, 0.29) is 12.1 Å². The van der Waals surface area contributed by atoms with Gasteiger partial charge in [-0.1, -0.05) is 6.07 Å². The van der Waals surface area contributed by atoms with Gasteiger partial charge in [-0.15, -0.1) is 0 Å². The lowest BCUT2D eigenvalue weighted by molar-refractivity contribution is 0.0882. The topological polar surface area (TPSA) is 75.0 Å². The summed E-state index contributed by atoms with van der Waals surface area (Å²) in [5.74, 6) is -2.03. The van der Waals surface area contributed by atoms with Crippen LogP contribution in [-0.4, -0.2) is 23.0 Å². The number of benzene rings is 1. The van der Waals surface area contributed by atoms with Crippen LogP contribution in [0.5, 0.6) is 5.88 Å². The standard InChI is InChI=1S/C19H17F2N3O2/c20-15-2-1-3-16(21)18(15)19(25)24-13-5-7-14(8-6-13)26-17-9-4-12(10-22)11-23-17/h1-4,9,11,13-14H,5-8H2,(H,24,25). The molecular formula is C19H17F2N3O2. The smallest absolute Gasteiger partial charge is 0.257 e. The minimum atomic E-state index is -0.869. The highest BCUT2D eigenvalue weighted by atomic mass is 19.1. The zero-order valence-electron chi connectivity index (χ0n) is 13.9. The zero-order valence-corrected chi connectivity index (χ0v) is 13.9. The molecule has 3 rings (SSSR count). The molecule has 0 spiro atoms. The summed E-state index contributed by atoms with van der Waals surface area (Å²) < 4.78 is 33.1. The van der Waals surface area contributed by atoms with Crippen molar-refractivity contribution >= 4 is 5.91 Å². The third-order valence-corrected chi connectivity index (χ3v) is 4.35. The quantitative estimate of drug-likeness (QED) is 0.911. The van der Waals surface area contributed by atoms with E-state index in [2.05, 4.69) is 10.3 Å². The largest absolute Gasteiger partial charge is 0.474 e. The van der Waals surface area contributed by atoms with Crippen LogP contribution in [0, 0.1) is 23.0 Å². The Labute approximate surface area is 149 Å². The zero-order chi connectivity index (χ0) is 18.5. The van der Waals surface area contributed by atoms with Gasteiger partial charge in [-0.3, -0.25) is 4.79 Å². The second-order valence-corrected chi connectivity index (χ2v) is 6.16. The summed E-state index contributed by atoms with van der Waals surface area (Å²) in [5, 5.41) is 11.4. The second kappa shape index (κ2) is 7.91. The summed E-state index contributed by atoms with van der Waals surface area (Å²) >= 11 is 0. The molecule has 1 aliphatic rings. The number of hydrogen-bond acceptors (Lipinski definition) is 4. The molecule has 2 aromatic rings. The van der Waals surface area contributed by atoms with Crippen molar-refractivity contribution in [2.75, 3.05) is 0 Å². The molecule has 1 heterocycles. The number of hydrogen-bond donors (Lipinski definition) is 1. The van der Waals surface area contributed by atoms with Crippen LogP contribution in [0.25, 0.3) is 0 Å². The van der Waals surface area contributed by atoms with Gasteiger partial charge in [-0.2, -0.15) is 5.26 Å². The first-order valence-corrected chi connectivity index (χ1v) is 8.34. The van der Waals surface area contributed by atoms with Gasteiger partial charge in [0.05, 0.1) is 5.56 Å². The number of nitrogens with zero attached hydrogens (tertiary/aromatic N) is 2. The average molecular weight is 357 g/mol. The third-order valence-electron chi connectivity index (χ3n) is 4.35. The lowest BCUT2D eigenvalue weighted by Crippen LogP contribution is -2.40. The number of nitrogens with one attached hydrogen (secondary N) is 1. The number of pyridine rings is 1. The molecule has 1 amide bonds. The molecule has 26 heavy (non-hydrogen) atoms. The molecule has 134 valence electrons. The number of carbonyl (C=O) groups is 1. The molecule has 0 atom stereocenters. The van der Waals surface area contributed by atoms with Crippen molar-refractivity contribution in [2.45, 2.75) is 37.8 Å². The monoisotopic (exact) mass is 357 g/mol. The Kier molecular flexibility index (Phi) is 5.42. The maximum atomic E-state index is 13.7. The highest BCUT2D eigenvalue weighted by Gasteiger charge is 2.26. The Morgan fingerprint density at radius 2 is 1.85 bits per heavy atom. The molecule has 1 fully saturated rings. The van der Waals surface area contributed by atoms with Crippen molar-refractivity contribution in [3.05, 3.63) is 59.3 Å². The van der Waals surface area contributed by atoms with Gasteiger partial charge >= 0.3 is 0 Å². The molecule has 0 bridgehead atoms. The Hall–Kier alpha value is -3.01. The van der Waals surface area contributed by atoms with E-state index in [1.807, 2.05) is 6.07 Å². The van der Waals surface area contributed by atoms with E-state index in [0.29, 0.717) is 37.1 Å². The molecule has 0 saturated heterocycles. The van der Waals surface area contributed by atoms with Gasteiger partial charge in [0.1, 0.15) is 29.4 Å². The summed E-state index contributed by atoms with van der Waals surface area (Å²) in [6.45, 7) is 0. The molecule has 0 radical (unpaired) electrons. The first-order chi connectivity index (χ1) is 12.6. The normalized spacial score (nSPS) is 19.4. The molecule has 1 aromatic carbocycles. The van der Waals surface area contributed by atoms with Crippen LogP contribution in [-0.2, 0) is 0 Å². The number of nitriles is 1. The van der Waals surface area contributed by atoms with Crippen molar-refractivity contribution in [3.8, 4) is 11.9 Å². The summed E-state index contributed by atoms with van der Waals surface area (Å²) in [6.07, 6.45) is 4.06. The first kappa shape index (κ1) is 17.8. The minimum Gasteiger partial charge on any atom is -0.474 e. The first-order valence-electron chi connectivity index (χ1n) is 8.34. The average Bonchev–Trinajstić information content (AvgIpc) is 2.64. The number of ether oxygens (including phenoxy) is 1. The van der Waals surface area contributed by atoms with Gasteiger partial charge in [0, 0.05) is 18.3 Å². The van der Waals surface area contributed by atoms with E-state index in [1.165, 1.54) is 12.3 Å². The molecule has 5 nitrogen and oxygen atoms in total. The van der Waals surface area contributed by atoms with Gasteiger partial charge in [0.25, 0.3) is 5.91 Å². The predicted molar refractivity (Wildman–Crippen MR) is 89.4 cm³/mol. The van der Waals surface area contributed by atoms with Crippen LogP contribution in [0.4, 0.5) is 8.78 Å². The van der Waals surface area contributed by atoms with Gasteiger partial charge in [-0.25, -0.2) is 13.8 Å². The number of rotatable bonds is 4. The Morgan fingerprint density at radius 3 is 2.42 bits per heavy atom. The molecule has 7 heteroatoms. The van der Waals surface area contributed by atoms with Crippen LogP contribution < -0.4 is 10.1 Å². The minimum absolute atomic E-state index is 0.0474. The maximum absolute atomic E-state index is 13.7. The van der Waals surface area contributed by atoms with E-state index >= 15 is 0 Å². The molecule has 0 aliphatic heterocycles. The number of aromatic nitrogens is 1. The lowest BCUT2D eigenvalue weighted by Gasteiger charge is -2.29. The maximum Gasteiger partial charge on any atom is 0.257 e. The van der Waals surface area contributed by atoms with Crippen LogP contribution in [0.2, 0.25) is 0 Å². The molecule has 1 N–H and O–H groups in total. The summed E-state index contributed by atoms with van der Waals surface area (Å²) in [6, 6.07) is 8.47.